The molecule has 0 aliphatic carbocycles. The van der Waals surface area contributed by atoms with Gasteiger partial charge in [-0.15, -0.1) is 0 Å². The minimum absolute atomic E-state index is 0.315. The summed E-state index contributed by atoms with van der Waals surface area (Å²) >= 11 is 5.96. The first kappa shape index (κ1) is 11.4. The number of ether oxygens (including phenoxy) is 1. The van der Waals surface area contributed by atoms with Crippen LogP contribution in [0.2, 0.25) is 5.02 Å². The first-order valence-electron chi connectivity index (χ1n) is 5.19. The molecular weight excluding hydrogens is 229 g/mol. The Hall–Kier alpha value is -1.11. The lowest BCUT2D eigenvalue weighted by Gasteiger charge is -2.28. The van der Waals surface area contributed by atoms with Crippen LogP contribution >= 0.6 is 11.6 Å². The molecule has 0 amide bonds. The van der Waals surface area contributed by atoms with Gasteiger partial charge in [0.1, 0.15) is 11.9 Å². The van der Waals surface area contributed by atoms with E-state index in [0.717, 1.165) is 12.8 Å². The minimum Gasteiger partial charge on any atom is -0.372 e. The standard InChI is InChI=1S/C12H11ClFNO/c13-9-4-1-5-10(14)11(9)12-8(7-15)3-2-6-16-12/h1,4-5,8,12H,2-3,6H2. The van der Waals surface area contributed by atoms with Crippen molar-refractivity contribution >= 4 is 11.6 Å². The third-order valence-corrected chi connectivity index (χ3v) is 3.10. The maximum absolute atomic E-state index is 13.7. The van der Waals surface area contributed by atoms with Crippen LogP contribution in [0.3, 0.4) is 0 Å². The molecule has 0 saturated carbocycles. The van der Waals surface area contributed by atoms with Crippen molar-refractivity contribution in [3.8, 4) is 6.07 Å². The molecule has 2 unspecified atom stereocenters. The van der Waals surface area contributed by atoms with Crippen LogP contribution in [0.25, 0.3) is 0 Å². The molecule has 2 rings (SSSR count). The van der Waals surface area contributed by atoms with Gasteiger partial charge in [-0.2, -0.15) is 5.26 Å². The summed E-state index contributed by atoms with van der Waals surface area (Å²) in [6.45, 7) is 0.549. The van der Waals surface area contributed by atoms with Crippen LogP contribution < -0.4 is 0 Å². The third kappa shape index (κ3) is 2.04. The predicted octanol–water partition coefficient (Wildman–Crippen LogP) is 3.47. The molecule has 1 fully saturated rings. The van der Waals surface area contributed by atoms with Crippen molar-refractivity contribution < 1.29 is 9.13 Å². The van der Waals surface area contributed by atoms with Crippen LogP contribution in [0.15, 0.2) is 18.2 Å². The summed E-state index contributed by atoms with van der Waals surface area (Å²) in [7, 11) is 0. The van der Waals surface area contributed by atoms with Crippen LogP contribution in [0, 0.1) is 23.1 Å². The molecule has 4 heteroatoms. The highest BCUT2D eigenvalue weighted by Crippen LogP contribution is 2.37. The van der Waals surface area contributed by atoms with Crippen LogP contribution in [-0.4, -0.2) is 6.61 Å². The fraction of sp³-hybridized carbons (Fsp3) is 0.417. The second kappa shape index (κ2) is 4.82. The van der Waals surface area contributed by atoms with Crippen LogP contribution in [0.1, 0.15) is 24.5 Å². The number of rotatable bonds is 1. The molecular formula is C12H11ClFNO. The van der Waals surface area contributed by atoms with Gasteiger partial charge in [0.15, 0.2) is 0 Å². The number of benzene rings is 1. The lowest BCUT2D eigenvalue weighted by Crippen LogP contribution is -2.22. The van der Waals surface area contributed by atoms with Gasteiger partial charge in [0.2, 0.25) is 0 Å². The van der Waals surface area contributed by atoms with E-state index in [1.54, 1.807) is 12.1 Å². The normalized spacial score (nSPS) is 25.1. The Morgan fingerprint density at radius 3 is 3.00 bits per heavy atom. The van der Waals surface area contributed by atoms with E-state index in [-0.39, 0.29) is 5.92 Å². The summed E-state index contributed by atoms with van der Waals surface area (Å²) in [6, 6.07) is 6.66. The maximum Gasteiger partial charge on any atom is 0.130 e. The molecule has 1 aromatic rings. The molecule has 2 atom stereocenters. The van der Waals surface area contributed by atoms with E-state index >= 15 is 0 Å². The van der Waals surface area contributed by atoms with E-state index in [0.29, 0.717) is 17.2 Å². The summed E-state index contributed by atoms with van der Waals surface area (Å²) in [5.74, 6) is -0.720. The molecule has 84 valence electrons. The van der Waals surface area contributed by atoms with Crippen LogP contribution in [-0.2, 0) is 4.74 Å². The monoisotopic (exact) mass is 239 g/mol. The number of nitriles is 1. The molecule has 16 heavy (non-hydrogen) atoms. The lowest BCUT2D eigenvalue weighted by atomic mass is 9.90. The van der Waals surface area contributed by atoms with E-state index < -0.39 is 11.9 Å². The average Bonchev–Trinajstić information content (AvgIpc) is 2.29. The molecule has 1 aliphatic rings. The fourth-order valence-electron chi connectivity index (χ4n) is 1.98. The second-order valence-corrected chi connectivity index (χ2v) is 4.21. The van der Waals surface area contributed by atoms with Crippen molar-refractivity contribution in [3.63, 3.8) is 0 Å². The Labute approximate surface area is 98.6 Å². The zero-order valence-corrected chi connectivity index (χ0v) is 9.38. The average molecular weight is 240 g/mol. The minimum atomic E-state index is -0.535. The summed E-state index contributed by atoms with van der Waals surface area (Å²) in [5.41, 5.74) is 0.315. The summed E-state index contributed by atoms with van der Waals surface area (Å²) in [5, 5.41) is 9.34. The maximum atomic E-state index is 13.7. The largest absolute Gasteiger partial charge is 0.372 e. The molecule has 1 aromatic carbocycles. The van der Waals surface area contributed by atoms with Gasteiger partial charge in [0, 0.05) is 17.2 Å². The molecule has 1 aliphatic heterocycles. The molecule has 0 bridgehead atoms. The first-order chi connectivity index (χ1) is 7.74. The van der Waals surface area contributed by atoms with Gasteiger partial charge in [-0.3, -0.25) is 0 Å². The summed E-state index contributed by atoms with van der Waals surface area (Å²) in [6.07, 6.45) is 1.03. The van der Waals surface area contributed by atoms with E-state index in [2.05, 4.69) is 6.07 Å². The molecule has 0 N–H and O–H groups in total. The Balaban J connectivity index is 2.39. The van der Waals surface area contributed by atoms with E-state index in [4.69, 9.17) is 21.6 Å². The highest BCUT2D eigenvalue weighted by Gasteiger charge is 2.31. The number of nitrogens with zero attached hydrogens (tertiary/aromatic N) is 1. The van der Waals surface area contributed by atoms with E-state index in [9.17, 15) is 4.39 Å². The Morgan fingerprint density at radius 2 is 2.31 bits per heavy atom. The first-order valence-corrected chi connectivity index (χ1v) is 5.57. The quantitative estimate of drug-likeness (QED) is 0.752. The van der Waals surface area contributed by atoms with E-state index in [1.807, 2.05) is 0 Å². The fourth-order valence-corrected chi connectivity index (χ4v) is 2.25. The van der Waals surface area contributed by atoms with Crippen molar-refractivity contribution in [2.24, 2.45) is 5.92 Å². The van der Waals surface area contributed by atoms with Crippen molar-refractivity contribution in [1.82, 2.24) is 0 Å². The van der Waals surface area contributed by atoms with Gasteiger partial charge in [0.25, 0.3) is 0 Å². The number of hydrogen-bond acceptors (Lipinski definition) is 2. The number of halogens is 2. The Bertz CT molecular complexity index is 409. The third-order valence-electron chi connectivity index (χ3n) is 2.77. The van der Waals surface area contributed by atoms with E-state index in [1.165, 1.54) is 6.07 Å². The topological polar surface area (TPSA) is 33.0 Å². The summed E-state index contributed by atoms with van der Waals surface area (Å²) < 4.78 is 19.2. The lowest BCUT2D eigenvalue weighted by molar-refractivity contribution is -0.0121. The number of hydrogen-bond donors (Lipinski definition) is 0. The van der Waals surface area contributed by atoms with Gasteiger partial charge in [-0.05, 0) is 25.0 Å². The van der Waals surface area contributed by atoms with Gasteiger partial charge < -0.3 is 4.74 Å². The molecule has 1 heterocycles. The van der Waals surface area contributed by atoms with Crippen LogP contribution in [0.5, 0.6) is 0 Å². The van der Waals surface area contributed by atoms with Gasteiger partial charge in [-0.25, -0.2) is 4.39 Å². The summed E-state index contributed by atoms with van der Waals surface area (Å²) in [4.78, 5) is 0. The SMILES string of the molecule is N#CC1CCCOC1c1c(F)cccc1Cl. The zero-order chi connectivity index (χ0) is 11.5. The molecule has 2 nitrogen and oxygen atoms in total. The smallest absolute Gasteiger partial charge is 0.130 e. The molecule has 1 saturated heterocycles. The van der Waals surface area contributed by atoms with Crippen molar-refractivity contribution in [3.05, 3.63) is 34.6 Å². The Morgan fingerprint density at radius 1 is 1.50 bits per heavy atom. The molecule has 0 spiro atoms. The highest BCUT2D eigenvalue weighted by atomic mass is 35.5. The van der Waals surface area contributed by atoms with Gasteiger partial charge >= 0.3 is 0 Å². The van der Waals surface area contributed by atoms with Crippen molar-refractivity contribution in [1.29, 1.82) is 5.26 Å². The van der Waals surface area contributed by atoms with Gasteiger partial charge in [-0.1, -0.05) is 17.7 Å². The molecule has 0 aromatic heterocycles. The van der Waals surface area contributed by atoms with Crippen molar-refractivity contribution in [2.75, 3.05) is 6.61 Å². The van der Waals surface area contributed by atoms with Crippen LogP contribution in [0.4, 0.5) is 4.39 Å². The second-order valence-electron chi connectivity index (χ2n) is 3.80. The van der Waals surface area contributed by atoms with Gasteiger partial charge in [0.05, 0.1) is 12.0 Å². The predicted molar refractivity (Wildman–Crippen MR) is 58.4 cm³/mol. The van der Waals surface area contributed by atoms with Crippen molar-refractivity contribution in [2.45, 2.75) is 18.9 Å². The zero-order valence-electron chi connectivity index (χ0n) is 8.62. The molecule has 0 radical (unpaired) electrons. The highest BCUT2D eigenvalue weighted by molar-refractivity contribution is 6.31. The Kier molecular flexibility index (Phi) is 3.42.